The molecule has 5 nitrogen and oxygen atoms in total. The summed E-state index contributed by atoms with van der Waals surface area (Å²) in [5.41, 5.74) is 2.95. The molecule has 0 radical (unpaired) electrons. The molecule has 0 heterocycles. The Bertz CT molecular complexity index is 707. The summed E-state index contributed by atoms with van der Waals surface area (Å²) in [5, 5.41) is 20.0. The number of carbonyl (C=O) groups is 1. The average Bonchev–Trinajstić information content (AvgIpc) is 2.41. The summed E-state index contributed by atoms with van der Waals surface area (Å²) >= 11 is 0. The molecule has 0 saturated heterocycles. The second-order valence-corrected chi connectivity index (χ2v) is 4.59. The first kappa shape index (κ1) is 13.7. The van der Waals surface area contributed by atoms with E-state index in [1.807, 2.05) is 26.0 Å². The third-order valence-corrected chi connectivity index (χ3v) is 3.26. The van der Waals surface area contributed by atoms with Crippen LogP contribution >= 0.6 is 0 Å². The van der Waals surface area contributed by atoms with Crippen molar-refractivity contribution in [3.63, 3.8) is 0 Å². The maximum absolute atomic E-state index is 11.1. The molecule has 0 bridgehead atoms. The fraction of sp³-hybridized carbons (Fsp3) is 0.133. The largest absolute Gasteiger partial charge is 0.478 e. The lowest BCUT2D eigenvalue weighted by Gasteiger charge is -2.07. The van der Waals surface area contributed by atoms with E-state index in [0.29, 0.717) is 11.1 Å². The maximum Gasteiger partial charge on any atom is 0.335 e. The number of carboxylic acids is 1. The van der Waals surface area contributed by atoms with Gasteiger partial charge in [0, 0.05) is 6.07 Å². The number of nitrogens with zero attached hydrogens (tertiary/aromatic N) is 1. The predicted octanol–water partition coefficient (Wildman–Crippen LogP) is 3.58. The third kappa shape index (κ3) is 2.51. The molecule has 2 aromatic carbocycles. The highest BCUT2D eigenvalue weighted by atomic mass is 16.6. The van der Waals surface area contributed by atoms with Crippen molar-refractivity contribution in [3.05, 3.63) is 63.2 Å². The van der Waals surface area contributed by atoms with E-state index in [1.54, 1.807) is 6.07 Å². The number of hydrogen-bond acceptors (Lipinski definition) is 3. The minimum absolute atomic E-state index is 0.0933. The lowest BCUT2D eigenvalue weighted by atomic mass is 9.98. The summed E-state index contributed by atoms with van der Waals surface area (Å²) in [6.07, 6.45) is 0. The molecule has 102 valence electrons. The second-order valence-electron chi connectivity index (χ2n) is 4.59. The van der Waals surface area contributed by atoms with Crippen molar-refractivity contribution in [3.8, 4) is 11.1 Å². The van der Waals surface area contributed by atoms with Crippen LogP contribution in [0.3, 0.4) is 0 Å². The Balaban J connectivity index is 2.63. The van der Waals surface area contributed by atoms with Crippen LogP contribution in [0.25, 0.3) is 11.1 Å². The number of nitro benzene ring substituents is 1. The number of rotatable bonds is 3. The quantitative estimate of drug-likeness (QED) is 0.683. The Hall–Kier alpha value is -2.69. The van der Waals surface area contributed by atoms with Crippen LogP contribution in [0.5, 0.6) is 0 Å². The summed E-state index contributed by atoms with van der Waals surface area (Å²) in [4.78, 5) is 21.5. The van der Waals surface area contributed by atoms with Crippen LogP contribution in [0.2, 0.25) is 0 Å². The van der Waals surface area contributed by atoms with E-state index in [-0.39, 0.29) is 11.3 Å². The molecule has 2 rings (SSSR count). The van der Waals surface area contributed by atoms with Gasteiger partial charge in [-0.1, -0.05) is 18.2 Å². The van der Waals surface area contributed by atoms with E-state index in [2.05, 4.69) is 0 Å². The van der Waals surface area contributed by atoms with Crippen molar-refractivity contribution in [2.75, 3.05) is 0 Å². The van der Waals surface area contributed by atoms with Gasteiger partial charge in [0.1, 0.15) is 0 Å². The van der Waals surface area contributed by atoms with Gasteiger partial charge in [-0.15, -0.1) is 0 Å². The van der Waals surface area contributed by atoms with Gasteiger partial charge < -0.3 is 5.11 Å². The zero-order valence-electron chi connectivity index (χ0n) is 11.1. The Kier molecular flexibility index (Phi) is 3.52. The third-order valence-electron chi connectivity index (χ3n) is 3.26. The lowest BCUT2D eigenvalue weighted by Crippen LogP contribution is -1.99. The molecular formula is C15H13NO4. The molecule has 0 unspecified atom stereocenters. The molecule has 20 heavy (non-hydrogen) atoms. The SMILES string of the molecule is Cc1ccc(-c2ccc(C(=O)O)cc2[N+](=O)[O-])cc1C. The van der Waals surface area contributed by atoms with Gasteiger partial charge in [0.05, 0.1) is 16.1 Å². The molecule has 5 heteroatoms. The smallest absolute Gasteiger partial charge is 0.335 e. The number of aryl methyl sites for hydroxylation is 2. The highest BCUT2D eigenvalue weighted by Crippen LogP contribution is 2.31. The second kappa shape index (κ2) is 5.13. The van der Waals surface area contributed by atoms with Crippen molar-refractivity contribution < 1.29 is 14.8 Å². The van der Waals surface area contributed by atoms with Crippen LogP contribution in [0, 0.1) is 24.0 Å². The molecular weight excluding hydrogens is 258 g/mol. The van der Waals surface area contributed by atoms with E-state index < -0.39 is 10.9 Å². The van der Waals surface area contributed by atoms with Crippen LogP contribution in [-0.2, 0) is 0 Å². The van der Waals surface area contributed by atoms with Crippen LogP contribution in [0.1, 0.15) is 21.5 Å². The molecule has 0 aliphatic carbocycles. The molecule has 0 aliphatic heterocycles. The maximum atomic E-state index is 11.1. The molecule has 0 aliphatic rings. The summed E-state index contributed by atoms with van der Waals surface area (Å²) < 4.78 is 0. The molecule has 0 fully saturated rings. The van der Waals surface area contributed by atoms with Crippen LogP contribution < -0.4 is 0 Å². The van der Waals surface area contributed by atoms with Gasteiger partial charge in [-0.05, 0) is 42.7 Å². The van der Waals surface area contributed by atoms with Crippen LogP contribution in [0.4, 0.5) is 5.69 Å². The fourth-order valence-electron chi connectivity index (χ4n) is 1.97. The van der Waals surface area contributed by atoms with E-state index in [9.17, 15) is 14.9 Å². The summed E-state index contributed by atoms with van der Waals surface area (Å²) in [7, 11) is 0. The molecule has 0 amide bonds. The monoisotopic (exact) mass is 271 g/mol. The van der Waals surface area contributed by atoms with Crippen molar-refractivity contribution >= 4 is 11.7 Å². The Morgan fingerprint density at radius 2 is 1.80 bits per heavy atom. The Morgan fingerprint density at radius 3 is 2.35 bits per heavy atom. The standard InChI is InChI=1S/C15H13NO4/c1-9-3-4-11(7-10(9)2)13-6-5-12(15(17)18)8-14(13)16(19)20/h3-8H,1-2H3,(H,17,18). The van der Waals surface area contributed by atoms with E-state index in [0.717, 1.165) is 17.2 Å². The number of benzene rings is 2. The summed E-state index contributed by atoms with van der Waals surface area (Å²) in [6.45, 7) is 3.89. The average molecular weight is 271 g/mol. The van der Waals surface area contributed by atoms with Gasteiger partial charge >= 0.3 is 5.97 Å². The Labute approximate surface area is 115 Å². The topological polar surface area (TPSA) is 80.4 Å². The molecule has 0 atom stereocenters. The van der Waals surface area contributed by atoms with Gasteiger partial charge in [-0.2, -0.15) is 0 Å². The fourth-order valence-corrected chi connectivity index (χ4v) is 1.97. The van der Waals surface area contributed by atoms with Gasteiger partial charge in [0.2, 0.25) is 0 Å². The van der Waals surface area contributed by atoms with Crippen LogP contribution in [-0.4, -0.2) is 16.0 Å². The highest BCUT2D eigenvalue weighted by molar-refractivity contribution is 5.90. The molecule has 0 saturated carbocycles. The van der Waals surface area contributed by atoms with E-state index >= 15 is 0 Å². The zero-order valence-corrected chi connectivity index (χ0v) is 11.1. The van der Waals surface area contributed by atoms with Gasteiger partial charge in [-0.3, -0.25) is 10.1 Å². The lowest BCUT2D eigenvalue weighted by molar-refractivity contribution is -0.384. The van der Waals surface area contributed by atoms with Crippen molar-refractivity contribution in [2.24, 2.45) is 0 Å². The van der Waals surface area contributed by atoms with E-state index in [4.69, 9.17) is 5.11 Å². The summed E-state index contributed by atoms with van der Waals surface area (Å²) in [6, 6.07) is 9.49. The van der Waals surface area contributed by atoms with Crippen molar-refractivity contribution in [1.82, 2.24) is 0 Å². The predicted molar refractivity (Wildman–Crippen MR) is 75.0 cm³/mol. The van der Waals surface area contributed by atoms with Crippen molar-refractivity contribution in [2.45, 2.75) is 13.8 Å². The minimum atomic E-state index is -1.18. The molecule has 2 aromatic rings. The number of nitro groups is 1. The van der Waals surface area contributed by atoms with Crippen molar-refractivity contribution in [1.29, 1.82) is 0 Å². The van der Waals surface area contributed by atoms with Crippen LogP contribution in [0.15, 0.2) is 36.4 Å². The molecule has 0 spiro atoms. The number of carboxylic acid groups (broad SMARTS) is 1. The Morgan fingerprint density at radius 1 is 1.10 bits per heavy atom. The van der Waals surface area contributed by atoms with Gasteiger partial charge in [0.15, 0.2) is 0 Å². The summed E-state index contributed by atoms with van der Waals surface area (Å²) in [5.74, 6) is -1.18. The number of hydrogen-bond donors (Lipinski definition) is 1. The minimum Gasteiger partial charge on any atom is -0.478 e. The van der Waals surface area contributed by atoms with Gasteiger partial charge in [0.25, 0.3) is 5.69 Å². The highest BCUT2D eigenvalue weighted by Gasteiger charge is 2.18. The first-order chi connectivity index (χ1) is 9.40. The zero-order chi connectivity index (χ0) is 14.9. The molecule has 0 aromatic heterocycles. The van der Waals surface area contributed by atoms with Gasteiger partial charge in [-0.25, -0.2) is 4.79 Å². The number of aromatic carboxylic acids is 1. The normalized spacial score (nSPS) is 10.3. The first-order valence-electron chi connectivity index (χ1n) is 5.99. The van der Waals surface area contributed by atoms with E-state index in [1.165, 1.54) is 12.1 Å². The molecule has 1 N–H and O–H groups in total. The first-order valence-corrected chi connectivity index (χ1v) is 5.99.